The third-order valence-electron chi connectivity index (χ3n) is 2.16. The number of carbonyl (C=O) groups is 2. The van der Waals surface area contributed by atoms with Gasteiger partial charge in [-0.2, -0.15) is 0 Å². The lowest BCUT2D eigenvalue weighted by molar-refractivity contribution is -0.166. The summed E-state index contributed by atoms with van der Waals surface area (Å²) in [5, 5.41) is 9.10. The van der Waals surface area contributed by atoms with Crippen LogP contribution in [0.4, 0.5) is 0 Å². The van der Waals surface area contributed by atoms with E-state index in [2.05, 4.69) is 9.47 Å². The van der Waals surface area contributed by atoms with Crippen molar-refractivity contribution in [2.24, 2.45) is 5.73 Å². The van der Waals surface area contributed by atoms with Gasteiger partial charge in [0.15, 0.2) is 0 Å². The summed E-state index contributed by atoms with van der Waals surface area (Å²) in [6, 6.07) is 5.49. The van der Waals surface area contributed by atoms with Crippen LogP contribution in [0.3, 0.4) is 0 Å². The van der Waals surface area contributed by atoms with Crippen LogP contribution in [0.1, 0.15) is 12.5 Å². The molecule has 0 spiro atoms. The first kappa shape index (κ1) is 14.0. The molecule has 0 radical (unpaired) electrons. The van der Waals surface area contributed by atoms with Crippen LogP contribution < -0.4 is 5.73 Å². The fourth-order valence-electron chi connectivity index (χ4n) is 1.25. The Labute approximate surface area is 104 Å². The lowest BCUT2D eigenvalue weighted by Crippen LogP contribution is -2.35. The van der Waals surface area contributed by atoms with Crippen molar-refractivity contribution in [3.05, 3.63) is 29.8 Å². The molecule has 0 heterocycles. The molecule has 6 nitrogen and oxygen atoms in total. The molecule has 0 aliphatic rings. The predicted octanol–water partition coefficient (Wildman–Crippen LogP) is 0.326. The number of benzene rings is 1. The van der Waals surface area contributed by atoms with Crippen molar-refractivity contribution >= 4 is 11.9 Å². The van der Waals surface area contributed by atoms with Gasteiger partial charge < -0.3 is 20.3 Å². The lowest BCUT2D eigenvalue weighted by atomic mass is 10.1. The minimum atomic E-state index is -0.842. The molecule has 0 aromatic heterocycles. The van der Waals surface area contributed by atoms with Gasteiger partial charge in [-0.1, -0.05) is 12.1 Å². The fourth-order valence-corrected chi connectivity index (χ4v) is 1.25. The molecule has 0 saturated carbocycles. The Hall–Kier alpha value is -2.08. The van der Waals surface area contributed by atoms with Crippen LogP contribution in [0.15, 0.2) is 24.3 Å². The molecule has 0 fully saturated rings. The number of ether oxygens (including phenoxy) is 2. The average Bonchev–Trinajstić information content (AvgIpc) is 2.31. The van der Waals surface area contributed by atoms with Crippen molar-refractivity contribution in [3.63, 3.8) is 0 Å². The summed E-state index contributed by atoms with van der Waals surface area (Å²) in [5.41, 5.74) is 6.42. The number of carbonyl (C=O) groups excluding carboxylic acids is 2. The van der Waals surface area contributed by atoms with E-state index in [-0.39, 0.29) is 12.2 Å². The van der Waals surface area contributed by atoms with E-state index in [4.69, 9.17) is 10.8 Å². The van der Waals surface area contributed by atoms with Gasteiger partial charge in [0.25, 0.3) is 0 Å². The largest absolute Gasteiger partial charge is 0.508 e. The van der Waals surface area contributed by atoms with Gasteiger partial charge in [0.05, 0.1) is 0 Å². The summed E-state index contributed by atoms with van der Waals surface area (Å²) in [6.45, 7) is 0.779. The van der Waals surface area contributed by atoms with Gasteiger partial charge in [0.1, 0.15) is 11.8 Å². The number of rotatable bonds is 5. The number of hydrogen-bond acceptors (Lipinski definition) is 6. The maximum absolute atomic E-state index is 11.4. The van der Waals surface area contributed by atoms with Crippen LogP contribution in [-0.2, 0) is 25.5 Å². The normalized spacial score (nSPS) is 11.7. The Kier molecular flexibility index (Phi) is 5.13. The Morgan fingerprint density at radius 3 is 2.44 bits per heavy atom. The number of aromatic hydroxyl groups is 1. The van der Waals surface area contributed by atoms with E-state index in [9.17, 15) is 9.59 Å². The summed E-state index contributed by atoms with van der Waals surface area (Å²) >= 11 is 0. The smallest absolute Gasteiger partial charge is 0.326 e. The van der Waals surface area contributed by atoms with E-state index < -0.39 is 24.8 Å². The predicted molar refractivity (Wildman–Crippen MR) is 62.5 cm³/mol. The number of phenols is 1. The molecule has 1 aromatic carbocycles. The standard InChI is InChI=1S/C12H15NO5/c1-8(14)17-7-18-12(16)11(13)6-9-2-4-10(15)5-3-9/h2-5,11,15H,6-7,13H2,1H3. The van der Waals surface area contributed by atoms with Gasteiger partial charge in [0.2, 0.25) is 6.79 Å². The number of esters is 2. The maximum atomic E-state index is 11.4. The van der Waals surface area contributed by atoms with E-state index in [1.54, 1.807) is 12.1 Å². The van der Waals surface area contributed by atoms with Crippen LogP contribution in [0.25, 0.3) is 0 Å². The Balaban J connectivity index is 2.39. The highest BCUT2D eigenvalue weighted by Gasteiger charge is 2.16. The Morgan fingerprint density at radius 1 is 1.28 bits per heavy atom. The van der Waals surface area contributed by atoms with Gasteiger partial charge in [-0.15, -0.1) is 0 Å². The molecule has 0 amide bonds. The van der Waals surface area contributed by atoms with Crippen molar-refractivity contribution in [3.8, 4) is 5.75 Å². The van der Waals surface area contributed by atoms with Crippen LogP contribution in [0.2, 0.25) is 0 Å². The second-order valence-electron chi connectivity index (χ2n) is 3.69. The van der Waals surface area contributed by atoms with Crippen molar-refractivity contribution in [1.82, 2.24) is 0 Å². The first-order valence-electron chi connectivity index (χ1n) is 5.32. The second-order valence-corrected chi connectivity index (χ2v) is 3.69. The average molecular weight is 253 g/mol. The van der Waals surface area contributed by atoms with E-state index in [1.165, 1.54) is 19.1 Å². The fraction of sp³-hybridized carbons (Fsp3) is 0.333. The topological polar surface area (TPSA) is 98.9 Å². The zero-order valence-electron chi connectivity index (χ0n) is 9.96. The first-order chi connectivity index (χ1) is 8.49. The lowest BCUT2D eigenvalue weighted by Gasteiger charge is -2.11. The molecule has 18 heavy (non-hydrogen) atoms. The minimum absolute atomic E-state index is 0.143. The monoisotopic (exact) mass is 253 g/mol. The van der Waals surface area contributed by atoms with Crippen molar-refractivity contribution < 1.29 is 24.2 Å². The van der Waals surface area contributed by atoms with Crippen molar-refractivity contribution in [2.45, 2.75) is 19.4 Å². The third-order valence-corrected chi connectivity index (χ3v) is 2.16. The molecular formula is C12H15NO5. The SMILES string of the molecule is CC(=O)OCOC(=O)C(N)Cc1ccc(O)cc1. The molecule has 98 valence electrons. The molecule has 0 saturated heterocycles. The first-order valence-corrected chi connectivity index (χ1v) is 5.32. The molecule has 1 rings (SSSR count). The second kappa shape index (κ2) is 6.61. The maximum Gasteiger partial charge on any atom is 0.326 e. The summed E-state index contributed by atoms with van der Waals surface area (Å²) in [6.07, 6.45) is 0.277. The van der Waals surface area contributed by atoms with E-state index in [0.717, 1.165) is 5.56 Å². The molecule has 0 bridgehead atoms. The summed E-state index contributed by atoms with van der Waals surface area (Å²) < 4.78 is 9.11. The quantitative estimate of drug-likeness (QED) is 0.579. The van der Waals surface area contributed by atoms with Crippen molar-refractivity contribution in [1.29, 1.82) is 0 Å². The molecular weight excluding hydrogens is 238 g/mol. The Morgan fingerprint density at radius 2 is 1.89 bits per heavy atom. The van der Waals surface area contributed by atoms with E-state index in [0.29, 0.717) is 0 Å². The number of nitrogens with two attached hydrogens (primary N) is 1. The van der Waals surface area contributed by atoms with E-state index >= 15 is 0 Å². The van der Waals surface area contributed by atoms with Crippen molar-refractivity contribution in [2.75, 3.05) is 6.79 Å². The number of phenolic OH excluding ortho intramolecular Hbond substituents is 1. The van der Waals surface area contributed by atoms with Crippen LogP contribution in [0.5, 0.6) is 5.75 Å². The molecule has 1 atom stereocenters. The molecule has 1 aromatic rings. The third kappa shape index (κ3) is 4.84. The summed E-state index contributed by atoms with van der Waals surface area (Å²) in [5.74, 6) is -1.04. The molecule has 1 unspecified atom stereocenters. The molecule has 0 aliphatic carbocycles. The molecule has 0 aliphatic heterocycles. The summed E-state index contributed by atoms with van der Waals surface area (Å²) in [7, 11) is 0. The van der Waals surface area contributed by atoms with Crippen LogP contribution in [-0.4, -0.2) is 29.9 Å². The highest BCUT2D eigenvalue weighted by Crippen LogP contribution is 2.11. The van der Waals surface area contributed by atoms with Gasteiger partial charge in [-0.25, -0.2) is 0 Å². The number of hydrogen-bond donors (Lipinski definition) is 2. The highest BCUT2D eigenvalue weighted by molar-refractivity contribution is 5.76. The van der Waals surface area contributed by atoms with Crippen LogP contribution in [0, 0.1) is 0 Å². The van der Waals surface area contributed by atoms with Gasteiger partial charge in [-0.3, -0.25) is 9.59 Å². The van der Waals surface area contributed by atoms with Gasteiger partial charge in [-0.05, 0) is 24.1 Å². The van der Waals surface area contributed by atoms with Gasteiger partial charge >= 0.3 is 11.9 Å². The van der Waals surface area contributed by atoms with E-state index in [1.807, 2.05) is 0 Å². The highest BCUT2D eigenvalue weighted by atomic mass is 16.7. The molecule has 6 heteroatoms. The zero-order valence-corrected chi connectivity index (χ0v) is 9.96. The minimum Gasteiger partial charge on any atom is -0.508 e. The zero-order chi connectivity index (χ0) is 13.5. The summed E-state index contributed by atoms with van der Waals surface area (Å²) in [4.78, 5) is 21.9. The Bertz CT molecular complexity index is 415. The van der Waals surface area contributed by atoms with Crippen LogP contribution >= 0.6 is 0 Å². The van der Waals surface area contributed by atoms with Gasteiger partial charge in [0, 0.05) is 6.92 Å². The molecule has 3 N–H and O–H groups in total.